The average molecular weight is 404 g/mol. The summed E-state index contributed by atoms with van der Waals surface area (Å²) in [6.07, 6.45) is 2.94. The number of fused-ring (bicyclic) bond motifs is 1. The predicted molar refractivity (Wildman–Crippen MR) is 93.0 cm³/mol. The van der Waals surface area contributed by atoms with Gasteiger partial charge in [-0.1, -0.05) is 6.07 Å². The fraction of sp³-hybridized carbons (Fsp3) is 0.0526. The number of carbonyl (C=O) groups is 1. The van der Waals surface area contributed by atoms with Crippen molar-refractivity contribution in [2.24, 2.45) is 0 Å². The number of benzene rings is 2. The molecule has 3 aromatic rings. The number of nitrogens with zero attached hydrogens (tertiary/aromatic N) is 2. The van der Waals surface area contributed by atoms with E-state index >= 15 is 0 Å². The van der Waals surface area contributed by atoms with Crippen LogP contribution in [0.25, 0.3) is 11.1 Å². The molecule has 0 N–H and O–H groups in total. The van der Waals surface area contributed by atoms with Crippen molar-refractivity contribution in [3.05, 3.63) is 83.4 Å². The lowest BCUT2D eigenvalue weighted by atomic mass is 10.0. The maximum absolute atomic E-state index is 14.1. The number of aromatic nitrogens is 1. The number of carbonyl (C=O) groups excluding carboxylic acids is 1. The van der Waals surface area contributed by atoms with Crippen molar-refractivity contribution in [3.8, 4) is 11.1 Å². The number of amides is 1. The minimum atomic E-state index is -4.08. The van der Waals surface area contributed by atoms with Crippen molar-refractivity contribution in [3.63, 3.8) is 0 Å². The van der Waals surface area contributed by atoms with Crippen LogP contribution in [0, 0.1) is 17.5 Å². The first-order chi connectivity index (χ1) is 13.3. The van der Waals surface area contributed by atoms with Gasteiger partial charge in [-0.3, -0.25) is 9.78 Å². The molecule has 0 fully saturated rings. The molecule has 0 saturated heterocycles. The summed E-state index contributed by atoms with van der Waals surface area (Å²) in [4.78, 5) is 16.3. The lowest BCUT2D eigenvalue weighted by Gasteiger charge is -2.14. The standard InChI is InChI=1S/C19H11F3N2O3S/c20-15-3-2-13(17(21)18(15)22)12-1-4-16-14(9-12)19(25)24(28(16,26)27)10-11-5-7-23-8-6-11/h1-9H,10H2. The predicted octanol–water partition coefficient (Wildman–Crippen LogP) is 3.51. The molecule has 4 rings (SSSR count). The maximum atomic E-state index is 14.1. The van der Waals surface area contributed by atoms with E-state index in [1.807, 2.05) is 0 Å². The van der Waals surface area contributed by atoms with Gasteiger partial charge in [0.1, 0.15) is 4.90 Å². The van der Waals surface area contributed by atoms with Crippen molar-refractivity contribution < 1.29 is 26.4 Å². The molecule has 1 amide bonds. The zero-order valence-corrected chi connectivity index (χ0v) is 14.9. The van der Waals surface area contributed by atoms with Gasteiger partial charge in [-0.15, -0.1) is 0 Å². The Labute approximate surface area is 158 Å². The number of halogens is 3. The molecule has 9 heteroatoms. The normalized spacial score (nSPS) is 15.0. The van der Waals surface area contributed by atoms with Crippen LogP contribution in [-0.2, 0) is 16.6 Å². The van der Waals surface area contributed by atoms with E-state index in [9.17, 15) is 26.4 Å². The van der Waals surface area contributed by atoms with Gasteiger partial charge in [0, 0.05) is 18.0 Å². The Morgan fingerprint density at radius 1 is 0.893 bits per heavy atom. The molecule has 0 bridgehead atoms. The second-order valence-corrected chi connectivity index (χ2v) is 7.94. The molecular formula is C19H11F3N2O3S. The minimum Gasteiger partial charge on any atom is -0.268 e. The summed E-state index contributed by atoms with van der Waals surface area (Å²) < 4.78 is 66.9. The van der Waals surface area contributed by atoms with Gasteiger partial charge in [-0.05, 0) is 47.5 Å². The van der Waals surface area contributed by atoms with E-state index in [1.165, 1.54) is 18.5 Å². The second kappa shape index (κ2) is 6.45. The van der Waals surface area contributed by atoms with E-state index in [0.717, 1.165) is 24.3 Å². The Kier molecular flexibility index (Phi) is 4.19. The molecule has 0 spiro atoms. The van der Waals surface area contributed by atoms with Gasteiger partial charge in [0.25, 0.3) is 15.9 Å². The van der Waals surface area contributed by atoms with Crippen LogP contribution in [-0.4, -0.2) is 23.6 Å². The van der Waals surface area contributed by atoms with Gasteiger partial charge in [0.15, 0.2) is 17.5 Å². The Morgan fingerprint density at radius 2 is 1.61 bits per heavy atom. The Hall–Kier alpha value is -3.20. The van der Waals surface area contributed by atoms with Crippen LogP contribution >= 0.6 is 0 Å². The van der Waals surface area contributed by atoms with Crippen LogP contribution in [0.4, 0.5) is 13.2 Å². The van der Waals surface area contributed by atoms with Crippen LogP contribution in [0.5, 0.6) is 0 Å². The van der Waals surface area contributed by atoms with Crippen molar-refractivity contribution in [2.45, 2.75) is 11.4 Å². The van der Waals surface area contributed by atoms with Crippen LogP contribution < -0.4 is 0 Å². The van der Waals surface area contributed by atoms with E-state index in [2.05, 4.69) is 4.98 Å². The monoisotopic (exact) mass is 404 g/mol. The smallest absolute Gasteiger partial charge is 0.268 e. The Morgan fingerprint density at radius 3 is 2.32 bits per heavy atom. The van der Waals surface area contributed by atoms with E-state index in [-0.39, 0.29) is 28.1 Å². The van der Waals surface area contributed by atoms with Crippen molar-refractivity contribution in [1.29, 1.82) is 0 Å². The molecule has 0 aliphatic carbocycles. The highest BCUT2D eigenvalue weighted by Crippen LogP contribution is 2.35. The summed E-state index contributed by atoms with van der Waals surface area (Å²) in [7, 11) is -4.08. The zero-order valence-electron chi connectivity index (χ0n) is 14.1. The highest BCUT2D eigenvalue weighted by atomic mass is 32.2. The maximum Gasteiger partial charge on any atom is 0.269 e. The number of sulfonamides is 1. The number of rotatable bonds is 3. The largest absolute Gasteiger partial charge is 0.269 e. The van der Waals surface area contributed by atoms with Gasteiger partial charge >= 0.3 is 0 Å². The molecular weight excluding hydrogens is 393 g/mol. The fourth-order valence-corrected chi connectivity index (χ4v) is 4.55. The van der Waals surface area contributed by atoms with Gasteiger partial charge < -0.3 is 0 Å². The first-order valence-electron chi connectivity index (χ1n) is 8.04. The quantitative estimate of drug-likeness (QED) is 0.627. The van der Waals surface area contributed by atoms with Crippen LogP contribution in [0.1, 0.15) is 15.9 Å². The summed E-state index contributed by atoms with van der Waals surface area (Å²) in [6, 6.07) is 8.51. The van der Waals surface area contributed by atoms with Gasteiger partial charge in [-0.2, -0.15) is 0 Å². The third-order valence-electron chi connectivity index (χ3n) is 4.43. The van der Waals surface area contributed by atoms with E-state index in [4.69, 9.17) is 0 Å². The molecule has 142 valence electrons. The number of hydrogen-bond donors (Lipinski definition) is 0. The zero-order chi connectivity index (χ0) is 20.1. The van der Waals surface area contributed by atoms with E-state index in [1.54, 1.807) is 12.1 Å². The highest BCUT2D eigenvalue weighted by Gasteiger charge is 2.41. The fourth-order valence-electron chi connectivity index (χ4n) is 3.01. The highest BCUT2D eigenvalue weighted by molar-refractivity contribution is 7.90. The lowest BCUT2D eigenvalue weighted by Crippen LogP contribution is -2.29. The summed E-state index contributed by atoms with van der Waals surface area (Å²) in [5, 5.41) is 0. The topological polar surface area (TPSA) is 67.3 Å². The van der Waals surface area contributed by atoms with Crippen molar-refractivity contribution in [1.82, 2.24) is 9.29 Å². The van der Waals surface area contributed by atoms with Crippen LogP contribution in [0.15, 0.2) is 59.8 Å². The Balaban J connectivity index is 1.78. The molecule has 1 aliphatic rings. The van der Waals surface area contributed by atoms with E-state index < -0.39 is 33.4 Å². The molecule has 0 radical (unpaired) electrons. The molecule has 2 aromatic carbocycles. The second-order valence-electron chi connectivity index (χ2n) is 6.11. The molecule has 0 saturated carbocycles. The van der Waals surface area contributed by atoms with Crippen LogP contribution in [0.2, 0.25) is 0 Å². The number of pyridine rings is 1. The lowest BCUT2D eigenvalue weighted by molar-refractivity contribution is 0.0865. The van der Waals surface area contributed by atoms with Crippen molar-refractivity contribution in [2.75, 3.05) is 0 Å². The third kappa shape index (κ3) is 2.75. The minimum absolute atomic E-state index is 0.0597. The molecule has 0 unspecified atom stereocenters. The van der Waals surface area contributed by atoms with Gasteiger partial charge in [-0.25, -0.2) is 25.9 Å². The first kappa shape index (κ1) is 18.2. The molecule has 1 aliphatic heterocycles. The SMILES string of the molecule is O=C1c2cc(-c3ccc(F)c(F)c3F)ccc2S(=O)(=O)N1Cc1ccncc1. The summed E-state index contributed by atoms with van der Waals surface area (Å²) >= 11 is 0. The summed E-state index contributed by atoms with van der Waals surface area (Å²) in [5.74, 6) is -5.18. The Bertz CT molecular complexity index is 1210. The first-order valence-corrected chi connectivity index (χ1v) is 9.48. The number of hydrogen-bond acceptors (Lipinski definition) is 4. The van der Waals surface area contributed by atoms with Crippen molar-refractivity contribution >= 4 is 15.9 Å². The molecule has 2 heterocycles. The molecule has 5 nitrogen and oxygen atoms in total. The molecule has 28 heavy (non-hydrogen) atoms. The van der Waals surface area contributed by atoms with E-state index in [0.29, 0.717) is 9.87 Å². The van der Waals surface area contributed by atoms with Gasteiger partial charge in [0.2, 0.25) is 0 Å². The third-order valence-corrected chi connectivity index (χ3v) is 6.21. The summed E-state index contributed by atoms with van der Waals surface area (Å²) in [5.41, 5.74) is 0.186. The molecule has 1 aromatic heterocycles. The average Bonchev–Trinajstić information content (AvgIpc) is 2.87. The molecule has 0 atom stereocenters. The van der Waals surface area contributed by atoms with Gasteiger partial charge in [0.05, 0.1) is 12.1 Å². The van der Waals surface area contributed by atoms with Crippen LogP contribution in [0.3, 0.4) is 0 Å². The summed E-state index contributed by atoms with van der Waals surface area (Å²) in [6.45, 7) is -0.187.